The van der Waals surface area contributed by atoms with E-state index in [2.05, 4.69) is 36.3 Å². The minimum absolute atomic E-state index is 0.0411. The summed E-state index contributed by atoms with van der Waals surface area (Å²) in [6.07, 6.45) is 2.83. The lowest BCUT2D eigenvalue weighted by Gasteiger charge is -2.36. The van der Waals surface area contributed by atoms with E-state index in [9.17, 15) is 8.42 Å². The van der Waals surface area contributed by atoms with E-state index in [1.165, 1.54) is 6.26 Å². The van der Waals surface area contributed by atoms with Crippen LogP contribution in [-0.2, 0) is 16.4 Å². The number of aromatic nitrogens is 2. The summed E-state index contributed by atoms with van der Waals surface area (Å²) in [6.45, 7) is 9.40. The minimum atomic E-state index is -3.11. The SMILES string of the molecule is CC(C)Cc1nnc([C@H](C)N[C@@H]2CCN(S(C)(=O)=O)C[C@@H]2C)o1. The van der Waals surface area contributed by atoms with Gasteiger partial charge in [0, 0.05) is 25.6 Å². The number of nitrogens with zero attached hydrogens (tertiary/aromatic N) is 3. The molecule has 0 aromatic carbocycles. The summed E-state index contributed by atoms with van der Waals surface area (Å²) in [5.41, 5.74) is 0. The van der Waals surface area contributed by atoms with Crippen LogP contribution in [0, 0.1) is 11.8 Å². The third-order valence-corrected chi connectivity index (χ3v) is 5.51. The summed E-state index contributed by atoms with van der Waals surface area (Å²) < 4.78 is 30.6. The van der Waals surface area contributed by atoms with Crippen LogP contribution >= 0.6 is 0 Å². The standard InChI is InChI=1S/C15H28N4O3S/c1-10(2)8-14-17-18-15(22-14)12(4)16-13-6-7-19(9-11(13)3)23(5,20)21/h10-13,16H,6-9H2,1-5H3/t11-,12-,13+/m0/s1. The first-order valence-electron chi connectivity index (χ1n) is 8.20. The fourth-order valence-corrected chi connectivity index (χ4v) is 3.86. The smallest absolute Gasteiger partial charge is 0.233 e. The van der Waals surface area contributed by atoms with Gasteiger partial charge in [-0.05, 0) is 25.2 Å². The minimum Gasteiger partial charge on any atom is -0.424 e. The van der Waals surface area contributed by atoms with Gasteiger partial charge in [0.05, 0.1) is 12.3 Å². The molecule has 1 fully saturated rings. The molecule has 0 aliphatic carbocycles. The molecule has 2 rings (SSSR count). The van der Waals surface area contributed by atoms with Crippen molar-refractivity contribution in [3.05, 3.63) is 11.8 Å². The largest absolute Gasteiger partial charge is 0.424 e. The van der Waals surface area contributed by atoms with Gasteiger partial charge in [-0.3, -0.25) is 0 Å². The normalized spacial score (nSPS) is 25.0. The summed E-state index contributed by atoms with van der Waals surface area (Å²) in [4.78, 5) is 0. The zero-order valence-corrected chi connectivity index (χ0v) is 15.4. The average molecular weight is 344 g/mol. The van der Waals surface area contributed by atoms with Crippen LogP contribution in [0.5, 0.6) is 0 Å². The van der Waals surface area contributed by atoms with Gasteiger partial charge in [0.2, 0.25) is 21.8 Å². The van der Waals surface area contributed by atoms with Gasteiger partial charge in [-0.15, -0.1) is 10.2 Å². The maximum atomic E-state index is 11.6. The number of piperidine rings is 1. The molecule has 23 heavy (non-hydrogen) atoms. The zero-order valence-electron chi connectivity index (χ0n) is 14.6. The molecule has 1 saturated heterocycles. The predicted octanol–water partition coefficient (Wildman–Crippen LogP) is 1.59. The second-order valence-corrected chi connectivity index (χ2v) is 9.00. The molecule has 1 aromatic heterocycles. The average Bonchev–Trinajstić information content (AvgIpc) is 2.87. The fraction of sp³-hybridized carbons (Fsp3) is 0.867. The van der Waals surface area contributed by atoms with Crippen molar-refractivity contribution >= 4 is 10.0 Å². The maximum Gasteiger partial charge on any atom is 0.233 e. The van der Waals surface area contributed by atoms with Crippen molar-refractivity contribution < 1.29 is 12.8 Å². The molecule has 1 N–H and O–H groups in total. The first-order chi connectivity index (χ1) is 10.7. The van der Waals surface area contributed by atoms with E-state index < -0.39 is 10.0 Å². The quantitative estimate of drug-likeness (QED) is 0.843. The van der Waals surface area contributed by atoms with Gasteiger partial charge in [0.25, 0.3) is 0 Å². The highest BCUT2D eigenvalue weighted by atomic mass is 32.2. The Balaban J connectivity index is 1.93. The summed E-state index contributed by atoms with van der Waals surface area (Å²) in [5, 5.41) is 11.7. The van der Waals surface area contributed by atoms with Crippen molar-refractivity contribution in [2.24, 2.45) is 11.8 Å². The molecule has 1 aliphatic heterocycles. The molecule has 8 heteroatoms. The van der Waals surface area contributed by atoms with E-state index in [-0.39, 0.29) is 18.0 Å². The molecular weight excluding hydrogens is 316 g/mol. The lowest BCUT2D eigenvalue weighted by Crippen LogP contribution is -2.50. The van der Waals surface area contributed by atoms with Crippen molar-refractivity contribution in [2.45, 2.75) is 52.6 Å². The van der Waals surface area contributed by atoms with E-state index in [0.717, 1.165) is 12.8 Å². The number of rotatable bonds is 6. The second kappa shape index (κ2) is 7.27. The van der Waals surface area contributed by atoms with Crippen LogP contribution in [0.3, 0.4) is 0 Å². The zero-order chi connectivity index (χ0) is 17.2. The Morgan fingerprint density at radius 1 is 1.35 bits per heavy atom. The van der Waals surface area contributed by atoms with Crippen molar-refractivity contribution in [3.8, 4) is 0 Å². The first kappa shape index (κ1) is 18.4. The highest BCUT2D eigenvalue weighted by molar-refractivity contribution is 7.88. The maximum absolute atomic E-state index is 11.6. The monoisotopic (exact) mass is 344 g/mol. The third kappa shape index (κ3) is 4.99. The summed E-state index contributed by atoms with van der Waals surface area (Å²) in [5.74, 6) is 1.98. The molecule has 0 radical (unpaired) electrons. The van der Waals surface area contributed by atoms with Gasteiger partial charge in [0.15, 0.2) is 0 Å². The van der Waals surface area contributed by atoms with Crippen LogP contribution in [0.2, 0.25) is 0 Å². The highest BCUT2D eigenvalue weighted by Crippen LogP contribution is 2.22. The second-order valence-electron chi connectivity index (χ2n) is 7.01. The molecule has 1 aliphatic rings. The van der Waals surface area contributed by atoms with E-state index >= 15 is 0 Å². The molecular formula is C15H28N4O3S. The molecule has 0 amide bonds. The molecule has 132 valence electrons. The van der Waals surface area contributed by atoms with Gasteiger partial charge >= 0.3 is 0 Å². The summed E-state index contributed by atoms with van der Waals surface area (Å²) >= 11 is 0. The molecule has 3 atom stereocenters. The lowest BCUT2D eigenvalue weighted by atomic mass is 9.94. The van der Waals surface area contributed by atoms with Crippen LogP contribution in [0.4, 0.5) is 0 Å². The van der Waals surface area contributed by atoms with Crippen LogP contribution in [0.15, 0.2) is 4.42 Å². The molecule has 0 saturated carbocycles. The Labute approximate surface area is 138 Å². The number of nitrogens with one attached hydrogen (secondary N) is 1. The fourth-order valence-electron chi connectivity index (χ4n) is 2.92. The van der Waals surface area contributed by atoms with Crippen LogP contribution in [-0.4, -0.2) is 48.3 Å². The Morgan fingerprint density at radius 3 is 2.61 bits per heavy atom. The van der Waals surface area contributed by atoms with Crippen molar-refractivity contribution in [2.75, 3.05) is 19.3 Å². The van der Waals surface area contributed by atoms with E-state index in [0.29, 0.717) is 30.8 Å². The Hall–Kier alpha value is -0.990. The van der Waals surface area contributed by atoms with Crippen LogP contribution in [0.25, 0.3) is 0 Å². The van der Waals surface area contributed by atoms with Gasteiger partial charge < -0.3 is 9.73 Å². The summed E-state index contributed by atoms with van der Waals surface area (Å²) in [7, 11) is -3.11. The highest BCUT2D eigenvalue weighted by Gasteiger charge is 2.31. The van der Waals surface area contributed by atoms with Gasteiger partial charge in [-0.1, -0.05) is 20.8 Å². The van der Waals surface area contributed by atoms with Crippen molar-refractivity contribution in [3.63, 3.8) is 0 Å². The molecule has 2 heterocycles. The van der Waals surface area contributed by atoms with Crippen LogP contribution in [0.1, 0.15) is 51.9 Å². The van der Waals surface area contributed by atoms with Gasteiger partial charge in [0.1, 0.15) is 0 Å². The third-order valence-electron chi connectivity index (χ3n) is 4.24. The topological polar surface area (TPSA) is 88.3 Å². The van der Waals surface area contributed by atoms with E-state index in [1.807, 2.05) is 6.92 Å². The molecule has 1 aromatic rings. The first-order valence-corrected chi connectivity index (χ1v) is 10.0. The van der Waals surface area contributed by atoms with Crippen molar-refractivity contribution in [1.82, 2.24) is 19.8 Å². The number of sulfonamides is 1. The Morgan fingerprint density at radius 2 is 2.04 bits per heavy atom. The molecule has 0 unspecified atom stereocenters. The summed E-state index contributed by atoms with van der Waals surface area (Å²) in [6, 6.07) is 0.198. The Kier molecular flexibility index (Phi) is 5.80. The molecule has 0 bridgehead atoms. The van der Waals surface area contributed by atoms with Crippen LogP contribution < -0.4 is 5.32 Å². The number of hydrogen-bond donors (Lipinski definition) is 1. The Bertz CT molecular complexity index is 614. The predicted molar refractivity (Wildman–Crippen MR) is 88.4 cm³/mol. The lowest BCUT2D eigenvalue weighted by molar-refractivity contribution is 0.203. The van der Waals surface area contributed by atoms with E-state index in [1.54, 1.807) is 4.31 Å². The molecule has 0 spiro atoms. The van der Waals surface area contributed by atoms with E-state index in [4.69, 9.17) is 4.42 Å². The van der Waals surface area contributed by atoms with Gasteiger partial charge in [-0.2, -0.15) is 0 Å². The van der Waals surface area contributed by atoms with Crippen molar-refractivity contribution in [1.29, 1.82) is 0 Å². The molecule has 7 nitrogen and oxygen atoms in total. The van der Waals surface area contributed by atoms with Gasteiger partial charge in [-0.25, -0.2) is 12.7 Å². The number of hydrogen-bond acceptors (Lipinski definition) is 6.